The maximum atomic E-state index is 6.11. The Balaban J connectivity index is 2.21. The van der Waals surface area contributed by atoms with Crippen LogP contribution >= 0.6 is 11.6 Å². The molecule has 0 spiro atoms. The average Bonchev–Trinajstić information content (AvgIpc) is 2.16. The number of hydrazine groups is 1. The van der Waals surface area contributed by atoms with E-state index in [2.05, 4.69) is 17.6 Å². The van der Waals surface area contributed by atoms with Crippen molar-refractivity contribution < 1.29 is 0 Å². The van der Waals surface area contributed by atoms with Gasteiger partial charge in [-0.1, -0.05) is 30.2 Å². The topological polar surface area (TPSA) is 38.0 Å². The molecule has 0 amide bonds. The van der Waals surface area contributed by atoms with E-state index in [0.717, 1.165) is 10.6 Å². The van der Waals surface area contributed by atoms with Gasteiger partial charge in [0.2, 0.25) is 0 Å². The molecule has 1 aromatic carbocycles. The molecule has 0 aromatic heterocycles. The van der Waals surface area contributed by atoms with Crippen molar-refractivity contribution in [1.29, 1.82) is 0 Å². The van der Waals surface area contributed by atoms with Gasteiger partial charge in [0.1, 0.15) is 0 Å². The highest BCUT2D eigenvalue weighted by Crippen LogP contribution is 2.37. The molecule has 1 atom stereocenters. The smallest absolute Gasteiger partial charge is 0.0488 e. The highest BCUT2D eigenvalue weighted by molar-refractivity contribution is 6.31. The lowest BCUT2D eigenvalue weighted by atomic mass is 9.77. The molecule has 82 valence electrons. The molecule has 0 radical (unpaired) electrons. The van der Waals surface area contributed by atoms with E-state index in [1.54, 1.807) is 0 Å². The number of aryl methyl sites for hydroxylation is 1. The monoisotopic (exact) mass is 224 g/mol. The van der Waals surface area contributed by atoms with Crippen LogP contribution in [0.15, 0.2) is 18.2 Å². The fourth-order valence-electron chi connectivity index (χ4n) is 2.08. The predicted octanol–water partition coefficient (Wildman–Crippen LogP) is 2.95. The second kappa shape index (κ2) is 4.52. The van der Waals surface area contributed by atoms with Crippen LogP contribution in [0.5, 0.6) is 0 Å². The van der Waals surface area contributed by atoms with Crippen LogP contribution in [0, 0.1) is 12.8 Å². The number of halogens is 1. The summed E-state index contributed by atoms with van der Waals surface area (Å²) in [6, 6.07) is 6.46. The Morgan fingerprint density at radius 1 is 1.47 bits per heavy atom. The van der Waals surface area contributed by atoms with Crippen LogP contribution in [0.1, 0.15) is 36.4 Å². The zero-order valence-corrected chi connectivity index (χ0v) is 9.72. The van der Waals surface area contributed by atoms with Crippen molar-refractivity contribution in [2.24, 2.45) is 11.8 Å². The first-order chi connectivity index (χ1) is 7.22. The van der Waals surface area contributed by atoms with Crippen molar-refractivity contribution in [1.82, 2.24) is 5.43 Å². The summed E-state index contributed by atoms with van der Waals surface area (Å²) in [5.41, 5.74) is 5.23. The second-order valence-corrected chi connectivity index (χ2v) is 4.75. The molecule has 2 nitrogen and oxygen atoms in total. The zero-order valence-electron chi connectivity index (χ0n) is 8.96. The van der Waals surface area contributed by atoms with Crippen LogP contribution in [0.3, 0.4) is 0 Å². The molecule has 3 N–H and O–H groups in total. The lowest BCUT2D eigenvalue weighted by Crippen LogP contribution is -2.36. The van der Waals surface area contributed by atoms with E-state index in [1.807, 2.05) is 13.0 Å². The minimum absolute atomic E-state index is 0.261. The summed E-state index contributed by atoms with van der Waals surface area (Å²) in [5, 5.41) is 0.826. The Kier molecular flexibility index (Phi) is 3.29. The van der Waals surface area contributed by atoms with Gasteiger partial charge in [-0.05, 0) is 42.9 Å². The maximum Gasteiger partial charge on any atom is 0.0488 e. The largest absolute Gasteiger partial charge is 0.271 e. The molecule has 1 fully saturated rings. The molecule has 1 aliphatic carbocycles. The molecular weight excluding hydrogens is 208 g/mol. The second-order valence-electron chi connectivity index (χ2n) is 4.34. The van der Waals surface area contributed by atoms with Crippen LogP contribution in [-0.2, 0) is 0 Å². The van der Waals surface area contributed by atoms with Gasteiger partial charge >= 0.3 is 0 Å². The average molecular weight is 225 g/mol. The van der Waals surface area contributed by atoms with Crippen LogP contribution in [0.4, 0.5) is 0 Å². The van der Waals surface area contributed by atoms with E-state index in [4.69, 9.17) is 17.4 Å². The molecule has 0 aliphatic heterocycles. The molecule has 0 saturated heterocycles. The van der Waals surface area contributed by atoms with Gasteiger partial charge in [-0.25, -0.2) is 0 Å². The Labute approximate surface area is 95.8 Å². The third kappa shape index (κ3) is 2.17. The number of hydrogen-bond donors (Lipinski definition) is 2. The summed E-state index contributed by atoms with van der Waals surface area (Å²) >= 11 is 6.11. The van der Waals surface area contributed by atoms with Gasteiger partial charge in [0.25, 0.3) is 0 Å². The van der Waals surface area contributed by atoms with E-state index in [1.165, 1.54) is 24.8 Å². The Morgan fingerprint density at radius 2 is 2.20 bits per heavy atom. The Hall–Kier alpha value is -0.570. The first-order valence-electron chi connectivity index (χ1n) is 5.44. The molecule has 1 aliphatic rings. The first-order valence-corrected chi connectivity index (χ1v) is 5.82. The maximum absolute atomic E-state index is 6.11. The fourth-order valence-corrected chi connectivity index (χ4v) is 2.27. The van der Waals surface area contributed by atoms with E-state index in [9.17, 15) is 0 Å². The standard InChI is InChI=1S/C12H17ClN2/c1-8-5-6-10(7-11(8)13)12(15-14)9-3-2-4-9/h5-7,9,12,15H,2-4,14H2,1H3. The van der Waals surface area contributed by atoms with E-state index in [0.29, 0.717) is 5.92 Å². The van der Waals surface area contributed by atoms with Gasteiger partial charge in [0, 0.05) is 11.1 Å². The van der Waals surface area contributed by atoms with Gasteiger partial charge in [-0.2, -0.15) is 0 Å². The van der Waals surface area contributed by atoms with E-state index >= 15 is 0 Å². The van der Waals surface area contributed by atoms with Gasteiger partial charge in [0.15, 0.2) is 0 Å². The van der Waals surface area contributed by atoms with Crippen molar-refractivity contribution in [2.75, 3.05) is 0 Å². The van der Waals surface area contributed by atoms with Gasteiger partial charge in [-0.3, -0.25) is 11.3 Å². The first kappa shape index (κ1) is 10.9. The van der Waals surface area contributed by atoms with Crippen molar-refractivity contribution in [3.63, 3.8) is 0 Å². The lowest BCUT2D eigenvalue weighted by Gasteiger charge is -2.33. The summed E-state index contributed by atoms with van der Waals surface area (Å²) in [5.74, 6) is 6.29. The number of rotatable bonds is 3. The highest BCUT2D eigenvalue weighted by Gasteiger charge is 2.27. The minimum atomic E-state index is 0.261. The Bertz CT molecular complexity index is 347. The molecule has 1 aromatic rings. The van der Waals surface area contributed by atoms with Gasteiger partial charge in [0.05, 0.1) is 0 Å². The third-order valence-electron chi connectivity index (χ3n) is 3.36. The van der Waals surface area contributed by atoms with Gasteiger partial charge < -0.3 is 0 Å². The van der Waals surface area contributed by atoms with Crippen LogP contribution in [0.25, 0.3) is 0 Å². The summed E-state index contributed by atoms with van der Waals surface area (Å²) in [7, 11) is 0. The normalized spacial score (nSPS) is 18.6. The van der Waals surface area contributed by atoms with Crippen molar-refractivity contribution in [3.8, 4) is 0 Å². The number of nitrogens with two attached hydrogens (primary N) is 1. The fraction of sp³-hybridized carbons (Fsp3) is 0.500. The van der Waals surface area contributed by atoms with Crippen molar-refractivity contribution >= 4 is 11.6 Å². The van der Waals surface area contributed by atoms with Crippen molar-refractivity contribution in [3.05, 3.63) is 34.3 Å². The quantitative estimate of drug-likeness (QED) is 0.612. The molecule has 0 bridgehead atoms. The molecule has 15 heavy (non-hydrogen) atoms. The lowest BCUT2D eigenvalue weighted by molar-refractivity contribution is 0.232. The third-order valence-corrected chi connectivity index (χ3v) is 3.76. The summed E-state index contributed by atoms with van der Waals surface area (Å²) in [6.07, 6.45) is 3.85. The molecular formula is C12H17ClN2. The highest BCUT2D eigenvalue weighted by atomic mass is 35.5. The van der Waals surface area contributed by atoms with E-state index < -0.39 is 0 Å². The summed E-state index contributed by atoms with van der Waals surface area (Å²) in [4.78, 5) is 0. The van der Waals surface area contributed by atoms with Crippen LogP contribution in [-0.4, -0.2) is 0 Å². The molecule has 3 heteroatoms. The molecule has 2 rings (SSSR count). The SMILES string of the molecule is Cc1ccc(C(NN)C2CCC2)cc1Cl. The number of hydrogen-bond acceptors (Lipinski definition) is 2. The van der Waals surface area contributed by atoms with Gasteiger partial charge in [-0.15, -0.1) is 0 Å². The minimum Gasteiger partial charge on any atom is -0.271 e. The number of nitrogens with one attached hydrogen (secondary N) is 1. The predicted molar refractivity (Wildman–Crippen MR) is 63.6 cm³/mol. The molecule has 0 heterocycles. The summed E-state index contributed by atoms with van der Waals surface area (Å²) < 4.78 is 0. The molecule has 1 unspecified atom stereocenters. The number of benzene rings is 1. The Morgan fingerprint density at radius 3 is 2.67 bits per heavy atom. The molecule has 1 saturated carbocycles. The zero-order chi connectivity index (χ0) is 10.8. The van der Waals surface area contributed by atoms with Crippen LogP contribution in [0.2, 0.25) is 5.02 Å². The summed E-state index contributed by atoms with van der Waals surface area (Å²) in [6.45, 7) is 2.01. The van der Waals surface area contributed by atoms with Crippen molar-refractivity contribution in [2.45, 2.75) is 32.2 Å². The van der Waals surface area contributed by atoms with Crippen LogP contribution < -0.4 is 11.3 Å². The van der Waals surface area contributed by atoms with E-state index in [-0.39, 0.29) is 6.04 Å².